The number of hydrogen-bond acceptors (Lipinski definition) is 4. The van der Waals surface area contributed by atoms with E-state index in [1.807, 2.05) is 24.3 Å². The molecule has 0 aliphatic heterocycles. The monoisotopic (exact) mass is 239 g/mol. The van der Waals surface area contributed by atoms with Crippen LogP contribution in [0, 0.1) is 11.3 Å². The van der Waals surface area contributed by atoms with Gasteiger partial charge in [-0.15, -0.1) is 0 Å². The number of phenolic OH excluding ortho intramolecular Hbond substituents is 1. The molecular weight excluding hydrogens is 226 g/mol. The van der Waals surface area contributed by atoms with E-state index in [-0.39, 0.29) is 5.75 Å². The average Bonchev–Trinajstić information content (AvgIpc) is 2.41. The Kier molecular flexibility index (Phi) is 3.90. The third kappa shape index (κ3) is 3.06. The molecule has 0 radical (unpaired) electrons. The molecule has 1 aromatic carbocycles. The SMILES string of the molecule is N#Cc1cc(CNCc2ccccc2O)ccn1. The summed E-state index contributed by atoms with van der Waals surface area (Å²) in [4.78, 5) is 3.91. The Morgan fingerprint density at radius 3 is 2.83 bits per heavy atom. The Bertz CT molecular complexity index is 575. The quantitative estimate of drug-likeness (QED) is 0.855. The topological polar surface area (TPSA) is 68.9 Å². The van der Waals surface area contributed by atoms with Crippen molar-refractivity contribution in [3.63, 3.8) is 0 Å². The van der Waals surface area contributed by atoms with Crippen LogP contribution in [0.4, 0.5) is 0 Å². The number of pyridine rings is 1. The normalized spacial score (nSPS) is 9.94. The Morgan fingerprint density at radius 2 is 2.06 bits per heavy atom. The van der Waals surface area contributed by atoms with Crippen molar-refractivity contribution in [2.45, 2.75) is 13.1 Å². The van der Waals surface area contributed by atoms with E-state index in [1.54, 1.807) is 24.4 Å². The summed E-state index contributed by atoms with van der Waals surface area (Å²) in [5.41, 5.74) is 2.26. The number of para-hydroxylation sites is 1. The molecule has 0 bridgehead atoms. The molecule has 0 aliphatic rings. The van der Waals surface area contributed by atoms with Crippen molar-refractivity contribution in [2.75, 3.05) is 0 Å². The van der Waals surface area contributed by atoms with Gasteiger partial charge >= 0.3 is 0 Å². The van der Waals surface area contributed by atoms with Gasteiger partial charge in [-0.2, -0.15) is 5.26 Å². The number of rotatable bonds is 4. The lowest BCUT2D eigenvalue weighted by Crippen LogP contribution is -2.12. The zero-order chi connectivity index (χ0) is 12.8. The average molecular weight is 239 g/mol. The number of nitriles is 1. The van der Waals surface area contributed by atoms with Crippen LogP contribution >= 0.6 is 0 Å². The first kappa shape index (κ1) is 12.1. The van der Waals surface area contributed by atoms with Crippen molar-refractivity contribution < 1.29 is 5.11 Å². The van der Waals surface area contributed by atoms with Crippen LogP contribution in [0.3, 0.4) is 0 Å². The molecule has 0 atom stereocenters. The van der Waals surface area contributed by atoms with E-state index in [4.69, 9.17) is 5.26 Å². The smallest absolute Gasteiger partial charge is 0.140 e. The molecule has 0 unspecified atom stereocenters. The van der Waals surface area contributed by atoms with Crippen molar-refractivity contribution in [3.8, 4) is 11.8 Å². The Hall–Kier alpha value is -2.38. The molecule has 4 nitrogen and oxygen atoms in total. The van der Waals surface area contributed by atoms with Crippen LogP contribution in [0.15, 0.2) is 42.6 Å². The Morgan fingerprint density at radius 1 is 1.22 bits per heavy atom. The third-order valence-electron chi connectivity index (χ3n) is 2.58. The molecule has 0 amide bonds. The number of benzene rings is 1. The number of aromatic nitrogens is 1. The minimum Gasteiger partial charge on any atom is -0.508 e. The molecule has 2 rings (SSSR count). The molecule has 90 valence electrons. The van der Waals surface area contributed by atoms with Crippen LogP contribution in [0.5, 0.6) is 5.75 Å². The molecule has 2 N–H and O–H groups in total. The lowest BCUT2D eigenvalue weighted by Gasteiger charge is -2.06. The zero-order valence-corrected chi connectivity index (χ0v) is 9.80. The van der Waals surface area contributed by atoms with E-state index in [9.17, 15) is 5.11 Å². The summed E-state index contributed by atoms with van der Waals surface area (Å²) in [5, 5.41) is 21.5. The largest absolute Gasteiger partial charge is 0.508 e. The van der Waals surface area contributed by atoms with E-state index in [1.165, 1.54) is 0 Å². The maximum atomic E-state index is 9.60. The predicted octanol–water partition coefficient (Wildman–Crippen LogP) is 1.95. The third-order valence-corrected chi connectivity index (χ3v) is 2.58. The van der Waals surface area contributed by atoms with Gasteiger partial charge in [0.05, 0.1) is 0 Å². The Balaban J connectivity index is 1.93. The number of hydrogen-bond donors (Lipinski definition) is 2. The van der Waals surface area contributed by atoms with Crippen LogP contribution in [0.25, 0.3) is 0 Å². The summed E-state index contributed by atoms with van der Waals surface area (Å²) in [5.74, 6) is 0.289. The fourth-order valence-corrected chi connectivity index (χ4v) is 1.65. The molecular formula is C14H13N3O. The summed E-state index contributed by atoms with van der Waals surface area (Å²) in [6.45, 7) is 1.21. The van der Waals surface area contributed by atoms with Gasteiger partial charge in [0, 0.05) is 24.8 Å². The maximum absolute atomic E-state index is 9.60. The molecule has 4 heteroatoms. The lowest BCUT2D eigenvalue weighted by atomic mass is 10.2. The van der Waals surface area contributed by atoms with Crippen molar-refractivity contribution in [1.82, 2.24) is 10.3 Å². The van der Waals surface area contributed by atoms with Gasteiger partial charge in [0.2, 0.25) is 0 Å². The van der Waals surface area contributed by atoms with Crippen molar-refractivity contribution in [2.24, 2.45) is 0 Å². The highest BCUT2D eigenvalue weighted by Crippen LogP contribution is 2.15. The highest BCUT2D eigenvalue weighted by molar-refractivity contribution is 5.31. The Labute approximate surface area is 106 Å². The summed E-state index contributed by atoms with van der Waals surface area (Å²) >= 11 is 0. The fourth-order valence-electron chi connectivity index (χ4n) is 1.65. The second-order valence-corrected chi connectivity index (χ2v) is 3.89. The van der Waals surface area contributed by atoms with Gasteiger partial charge in [0.25, 0.3) is 0 Å². The van der Waals surface area contributed by atoms with E-state index in [2.05, 4.69) is 10.3 Å². The van der Waals surface area contributed by atoms with Gasteiger partial charge in [-0.1, -0.05) is 18.2 Å². The summed E-state index contributed by atoms with van der Waals surface area (Å²) in [6, 6.07) is 12.8. The van der Waals surface area contributed by atoms with E-state index in [0.29, 0.717) is 18.8 Å². The number of nitrogens with zero attached hydrogens (tertiary/aromatic N) is 2. The van der Waals surface area contributed by atoms with Crippen LogP contribution < -0.4 is 5.32 Å². The van der Waals surface area contributed by atoms with Gasteiger partial charge < -0.3 is 10.4 Å². The van der Waals surface area contributed by atoms with Crippen molar-refractivity contribution >= 4 is 0 Å². The first-order chi connectivity index (χ1) is 8.79. The van der Waals surface area contributed by atoms with Gasteiger partial charge in [-0.3, -0.25) is 0 Å². The number of nitrogens with one attached hydrogen (secondary N) is 1. The second kappa shape index (κ2) is 5.80. The minimum absolute atomic E-state index is 0.289. The molecule has 2 aromatic rings. The van der Waals surface area contributed by atoms with Gasteiger partial charge in [-0.25, -0.2) is 4.98 Å². The zero-order valence-electron chi connectivity index (χ0n) is 9.80. The van der Waals surface area contributed by atoms with E-state index in [0.717, 1.165) is 11.1 Å². The molecule has 18 heavy (non-hydrogen) atoms. The van der Waals surface area contributed by atoms with Crippen molar-refractivity contribution in [3.05, 3.63) is 59.4 Å². The fraction of sp³-hybridized carbons (Fsp3) is 0.143. The molecule has 0 saturated heterocycles. The first-order valence-corrected chi connectivity index (χ1v) is 5.62. The van der Waals surface area contributed by atoms with E-state index >= 15 is 0 Å². The summed E-state index contributed by atoms with van der Waals surface area (Å²) in [6.07, 6.45) is 1.62. The highest BCUT2D eigenvalue weighted by Gasteiger charge is 2.00. The first-order valence-electron chi connectivity index (χ1n) is 5.62. The lowest BCUT2D eigenvalue weighted by molar-refractivity contribution is 0.464. The molecule has 0 aliphatic carbocycles. The summed E-state index contributed by atoms with van der Waals surface area (Å²) < 4.78 is 0. The molecule has 0 fully saturated rings. The molecule has 1 heterocycles. The van der Waals surface area contributed by atoms with Crippen LogP contribution in [0.2, 0.25) is 0 Å². The highest BCUT2D eigenvalue weighted by atomic mass is 16.3. The van der Waals surface area contributed by atoms with Crippen molar-refractivity contribution in [1.29, 1.82) is 5.26 Å². The number of phenols is 1. The second-order valence-electron chi connectivity index (χ2n) is 3.89. The molecule has 0 spiro atoms. The maximum Gasteiger partial charge on any atom is 0.140 e. The van der Waals surface area contributed by atoms with E-state index < -0.39 is 0 Å². The molecule has 0 saturated carbocycles. The van der Waals surface area contributed by atoms with Crippen LogP contribution in [-0.2, 0) is 13.1 Å². The van der Waals surface area contributed by atoms with Gasteiger partial charge in [-0.05, 0) is 23.8 Å². The summed E-state index contributed by atoms with van der Waals surface area (Å²) in [7, 11) is 0. The van der Waals surface area contributed by atoms with Gasteiger partial charge in [0.15, 0.2) is 0 Å². The van der Waals surface area contributed by atoms with Gasteiger partial charge in [0.1, 0.15) is 17.5 Å². The minimum atomic E-state index is 0.289. The number of aromatic hydroxyl groups is 1. The molecule has 1 aromatic heterocycles. The van der Waals surface area contributed by atoms with Crippen LogP contribution in [-0.4, -0.2) is 10.1 Å². The predicted molar refractivity (Wildman–Crippen MR) is 67.6 cm³/mol. The van der Waals surface area contributed by atoms with Crippen LogP contribution in [0.1, 0.15) is 16.8 Å². The standard InChI is InChI=1S/C14H13N3O/c15-8-13-7-11(5-6-17-13)9-16-10-12-3-1-2-4-14(12)18/h1-7,16,18H,9-10H2.